The van der Waals surface area contributed by atoms with Crippen LogP contribution in [0.4, 0.5) is 5.69 Å². The van der Waals surface area contributed by atoms with Gasteiger partial charge in [0.2, 0.25) is 5.75 Å². The number of nitrogens with zero attached hydrogens (tertiary/aromatic N) is 3. The van der Waals surface area contributed by atoms with Crippen LogP contribution in [0.25, 0.3) is 5.69 Å². The summed E-state index contributed by atoms with van der Waals surface area (Å²) >= 11 is 12.3. The van der Waals surface area contributed by atoms with Crippen LogP contribution in [0.15, 0.2) is 29.2 Å². The topological polar surface area (TPSA) is 90.7 Å². The average Bonchev–Trinajstić information content (AvgIpc) is 3.38. The maximum Gasteiger partial charge on any atom is 0.316 e. The van der Waals surface area contributed by atoms with Gasteiger partial charge in [-0.3, -0.25) is 4.79 Å². The smallest absolute Gasteiger partial charge is 0.316 e. The largest absolute Gasteiger partial charge is 0.484 e. The highest BCUT2D eigenvalue weighted by atomic mass is 35.5. The minimum atomic E-state index is -3.14. The van der Waals surface area contributed by atoms with Crippen LogP contribution in [0.5, 0.6) is 5.75 Å². The summed E-state index contributed by atoms with van der Waals surface area (Å²) in [5, 5.41) is 4.58. The molecule has 1 aliphatic heterocycles. The summed E-state index contributed by atoms with van der Waals surface area (Å²) in [5.41, 5.74) is 0.528. The van der Waals surface area contributed by atoms with Gasteiger partial charge in [0.05, 0.1) is 29.0 Å². The number of rotatable bonds is 9. The highest BCUT2D eigenvalue weighted by molar-refractivity contribution is 7.92. The summed E-state index contributed by atoms with van der Waals surface area (Å²) < 4.78 is 38.6. The van der Waals surface area contributed by atoms with Crippen molar-refractivity contribution < 1.29 is 17.9 Å². The maximum absolute atomic E-state index is 13.4. The lowest BCUT2D eigenvalue weighted by Crippen LogP contribution is -2.42. The molecule has 1 aromatic carbocycles. The Morgan fingerprint density at radius 1 is 1.00 bits per heavy atom. The van der Waals surface area contributed by atoms with E-state index >= 15 is 0 Å². The van der Waals surface area contributed by atoms with Crippen LogP contribution in [-0.2, 0) is 14.6 Å². The van der Waals surface area contributed by atoms with Gasteiger partial charge >= 0.3 is 5.56 Å². The lowest BCUT2D eigenvalue weighted by atomic mass is 10.1. The molecule has 192 valence electrons. The summed E-state index contributed by atoms with van der Waals surface area (Å²) in [6.07, 6.45) is 6.15. The van der Waals surface area contributed by atoms with E-state index in [-0.39, 0.29) is 22.9 Å². The number of hydrogen-bond donors (Lipinski definition) is 0. The van der Waals surface area contributed by atoms with Crippen molar-refractivity contribution in [2.75, 3.05) is 37.8 Å². The van der Waals surface area contributed by atoms with Gasteiger partial charge in [-0.05, 0) is 50.8 Å². The molecule has 2 aromatic rings. The molecule has 1 saturated heterocycles. The lowest BCUT2D eigenvalue weighted by Gasteiger charge is -2.34. The number of hydrogen-bond acceptors (Lipinski definition) is 7. The van der Waals surface area contributed by atoms with E-state index in [9.17, 15) is 13.2 Å². The lowest BCUT2D eigenvalue weighted by molar-refractivity contribution is 0.109. The molecule has 4 rings (SSSR count). The Balaban J connectivity index is 1.59. The molecule has 2 heterocycles. The summed E-state index contributed by atoms with van der Waals surface area (Å²) in [6, 6.07) is 4.78. The standard InChI is InChI=1S/C24H31Cl2N3O5S/c1-2-33-11-12-34-23-22(16-27-29(24(23)30)19-14-17(25)13-18(26)15-19)28-9-7-21(8-10-28)35(31,32)20-5-3-4-6-20/h13-16,20-21H,2-12H2,1H3. The molecule has 0 spiro atoms. The number of ether oxygens (including phenoxy) is 2. The number of piperidine rings is 1. The van der Waals surface area contributed by atoms with Gasteiger partial charge in [0.15, 0.2) is 9.84 Å². The van der Waals surface area contributed by atoms with Gasteiger partial charge in [-0.15, -0.1) is 0 Å². The highest BCUT2D eigenvalue weighted by Crippen LogP contribution is 2.34. The van der Waals surface area contributed by atoms with Crippen LogP contribution in [0.1, 0.15) is 45.4 Å². The second-order valence-corrected chi connectivity index (χ2v) is 12.3. The first-order valence-electron chi connectivity index (χ1n) is 12.1. The number of benzene rings is 1. The number of aromatic nitrogens is 2. The molecule has 0 N–H and O–H groups in total. The van der Waals surface area contributed by atoms with Gasteiger partial charge in [0.25, 0.3) is 0 Å². The number of sulfone groups is 1. The Morgan fingerprint density at radius 3 is 2.26 bits per heavy atom. The van der Waals surface area contributed by atoms with E-state index in [4.69, 9.17) is 32.7 Å². The first-order valence-corrected chi connectivity index (χ1v) is 14.4. The second-order valence-electron chi connectivity index (χ2n) is 8.93. The van der Waals surface area contributed by atoms with E-state index in [1.165, 1.54) is 4.68 Å². The normalized spacial score (nSPS) is 17.7. The third kappa shape index (κ3) is 5.96. The molecule has 2 aliphatic rings. The Kier molecular flexibility index (Phi) is 8.63. The van der Waals surface area contributed by atoms with Crippen molar-refractivity contribution in [3.63, 3.8) is 0 Å². The van der Waals surface area contributed by atoms with Gasteiger partial charge in [-0.25, -0.2) is 8.42 Å². The summed E-state index contributed by atoms with van der Waals surface area (Å²) in [7, 11) is -3.14. The fraction of sp³-hybridized carbons (Fsp3) is 0.583. The maximum atomic E-state index is 13.4. The third-order valence-electron chi connectivity index (χ3n) is 6.70. The molecule has 35 heavy (non-hydrogen) atoms. The second kappa shape index (κ2) is 11.5. The molecule has 8 nitrogen and oxygen atoms in total. The molecule has 0 unspecified atom stereocenters. The molecule has 0 bridgehead atoms. The molecule has 0 radical (unpaired) electrons. The van der Waals surface area contributed by atoms with Crippen LogP contribution in [0.3, 0.4) is 0 Å². The van der Waals surface area contributed by atoms with E-state index in [1.807, 2.05) is 11.8 Å². The first-order chi connectivity index (χ1) is 16.8. The predicted molar refractivity (Wildman–Crippen MR) is 138 cm³/mol. The van der Waals surface area contributed by atoms with Crippen molar-refractivity contribution >= 4 is 38.7 Å². The van der Waals surface area contributed by atoms with Crippen LogP contribution in [0.2, 0.25) is 10.0 Å². The molecule has 0 amide bonds. The van der Waals surface area contributed by atoms with Crippen molar-refractivity contribution in [2.24, 2.45) is 0 Å². The minimum Gasteiger partial charge on any atom is -0.484 e. The zero-order valence-electron chi connectivity index (χ0n) is 19.8. The molecule has 1 saturated carbocycles. The zero-order chi connectivity index (χ0) is 25.0. The van der Waals surface area contributed by atoms with Crippen LogP contribution >= 0.6 is 23.2 Å². The van der Waals surface area contributed by atoms with E-state index in [2.05, 4.69) is 5.10 Å². The Bertz CT molecular complexity index is 1170. The van der Waals surface area contributed by atoms with Crippen LogP contribution < -0.4 is 15.2 Å². The van der Waals surface area contributed by atoms with Crippen molar-refractivity contribution in [1.29, 1.82) is 0 Å². The van der Waals surface area contributed by atoms with Crippen molar-refractivity contribution in [1.82, 2.24) is 9.78 Å². The third-order valence-corrected chi connectivity index (χ3v) is 9.94. The number of anilines is 1. The van der Waals surface area contributed by atoms with Gasteiger partial charge < -0.3 is 14.4 Å². The van der Waals surface area contributed by atoms with Gasteiger partial charge in [0, 0.05) is 29.7 Å². The monoisotopic (exact) mass is 543 g/mol. The quantitative estimate of drug-likeness (QED) is 0.436. The van der Waals surface area contributed by atoms with Crippen molar-refractivity contribution in [3.8, 4) is 11.4 Å². The Labute approximate surface area is 216 Å². The molecule has 2 fully saturated rings. The summed E-state index contributed by atoms with van der Waals surface area (Å²) in [4.78, 5) is 15.4. The first kappa shape index (κ1) is 26.3. The molecular formula is C24H31Cl2N3O5S. The molecular weight excluding hydrogens is 513 g/mol. The molecule has 1 aromatic heterocycles. The van der Waals surface area contributed by atoms with Crippen molar-refractivity contribution in [2.45, 2.75) is 55.9 Å². The van der Waals surface area contributed by atoms with E-state index in [1.54, 1.807) is 24.4 Å². The fourth-order valence-corrected chi connectivity index (χ4v) is 7.81. The molecule has 0 atom stereocenters. The van der Waals surface area contributed by atoms with Gasteiger partial charge in [0.1, 0.15) is 12.3 Å². The van der Waals surface area contributed by atoms with Crippen LogP contribution in [-0.4, -0.2) is 61.6 Å². The summed E-state index contributed by atoms with van der Waals surface area (Å²) in [5.74, 6) is 0.146. The predicted octanol–water partition coefficient (Wildman–Crippen LogP) is 4.28. The Morgan fingerprint density at radius 2 is 1.63 bits per heavy atom. The zero-order valence-corrected chi connectivity index (χ0v) is 22.1. The SMILES string of the molecule is CCOCCOc1c(N2CCC(S(=O)(=O)C3CCCC3)CC2)cnn(-c2cc(Cl)cc(Cl)c2)c1=O. The van der Waals surface area contributed by atoms with E-state index in [0.717, 1.165) is 25.7 Å². The Hall–Kier alpha value is -1.81. The molecule has 1 aliphatic carbocycles. The molecule has 11 heteroatoms. The minimum absolute atomic E-state index is 0.146. The van der Waals surface area contributed by atoms with E-state index in [0.29, 0.717) is 60.6 Å². The van der Waals surface area contributed by atoms with Crippen LogP contribution in [0, 0.1) is 0 Å². The highest BCUT2D eigenvalue weighted by Gasteiger charge is 2.38. The van der Waals surface area contributed by atoms with Gasteiger partial charge in [-0.2, -0.15) is 9.78 Å². The van der Waals surface area contributed by atoms with E-state index < -0.39 is 15.4 Å². The van der Waals surface area contributed by atoms with Crippen molar-refractivity contribution in [3.05, 3.63) is 44.8 Å². The summed E-state index contributed by atoms with van der Waals surface area (Å²) in [6.45, 7) is 3.97. The average molecular weight is 545 g/mol. The fourth-order valence-electron chi connectivity index (χ4n) is 4.90. The van der Waals surface area contributed by atoms with Gasteiger partial charge in [-0.1, -0.05) is 36.0 Å². The number of halogens is 2.